The Bertz CT molecular complexity index is 1170. The van der Waals surface area contributed by atoms with E-state index >= 15 is 0 Å². The summed E-state index contributed by atoms with van der Waals surface area (Å²) in [7, 11) is -2.26. The molecule has 0 saturated heterocycles. The first-order valence-corrected chi connectivity index (χ1v) is 11.8. The normalized spacial score (nSPS) is 13.6. The first-order valence-electron chi connectivity index (χ1n) is 10.4. The van der Waals surface area contributed by atoms with Gasteiger partial charge in [-0.25, -0.2) is 8.42 Å². The van der Waals surface area contributed by atoms with Crippen molar-refractivity contribution in [1.82, 2.24) is 4.90 Å². The lowest BCUT2D eigenvalue weighted by Crippen LogP contribution is -2.33. The lowest BCUT2D eigenvalue weighted by molar-refractivity contribution is 0.0729. The highest BCUT2D eigenvalue weighted by Gasteiger charge is 2.33. The number of anilines is 1. The van der Waals surface area contributed by atoms with Crippen molar-refractivity contribution in [3.05, 3.63) is 95.6 Å². The third kappa shape index (κ3) is 4.64. The number of rotatable bonds is 7. The van der Waals surface area contributed by atoms with Crippen LogP contribution in [0.25, 0.3) is 0 Å². The number of hydrogen-bond donors (Lipinski definition) is 0. The molecule has 0 aromatic heterocycles. The van der Waals surface area contributed by atoms with Crippen LogP contribution in [0.1, 0.15) is 34.3 Å². The largest absolute Gasteiger partial charge is 0.331 e. The maximum absolute atomic E-state index is 13.3. The van der Waals surface area contributed by atoms with Gasteiger partial charge < -0.3 is 4.90 Å². The summed E-state index contributed by atoms with van der Waals surface area (Å²) in [6, 6.07) is 23.6. The minimum atomic E-state index is -3.78. The number of aryl methyl sites for hydroxylation is 1. The first-order chi connectivity index (χ1) is 14.9. The van der Waals surface area contributed by atoms with E-state index in [0.29, 0.717) is 17.8 Å². The Labute approximate surface area is 184 Å². The van der Waals surface area contributed by atoms with Gasteiger partial charge in [-0.05, 0) is 55.7 Å². The molecule has 0 spiro atoms. The summed E-state index contributed by atoms with van der Waals surface area (Å²) in [6.07, 6.45) is 1.96. The molecule has 1 amide bonds. The van der Waals surface area contributed by atoms with Crippen molar-refractivity contribution < 1.29 is 13.2 Å². The van der Waals surface area contributed by atoms with Crippen molar-refractivity contribution in [2.24, 2.45) is 0 Å². The lowest BCUT2D eigenvalue weighted by atomic mass is 10.1. The fraction of sp³-hybridized carbons (Fsp3) is 0.240. The van der Waals surface area contributed by atoms with Crippen LogP contribution in [-0.4, -0.2) is 32.3 Å². The molecule has 31 heavy (non-hydrogen) atoms. The van der Waals surface area contributed by atoms with Crippen molar-refractivity contribution in [3.63, 3.8) is 0 Å². The van der Waals surface area contributed by atoms with Crippen molar-refractivity contribution in [2.45, 2.75) is 37.2 Å². The van der Waals surface area contributed by atoms with Gasteiger partial charge in [0, 0.05) is 25.2 Å². The second-order valence-corrected chi connectivity index (χ2v) is 9.96. The summed E-state index contributed by atoms with van der Waals surface area (Å²) in [5.41, 5.74) is 3.20. The van der Waals surface area contributed by atoms with Gasteiger partial charge in [-0.15, -0.1) is 0 Å². The summed E-state index contributed by atoms with van der Waals surface area (Å²) < 4.78 is 27.5. The highest BCUT2D eigenvalue weighted by Crippen LogP contribution is 2.30. The number of carbonyl (C=O) groups is 1. The monoisotopic (exact) mass is 434 g/mol. The zero-order valence-corrected chi connectivity index (χ0v) is 18.5. The number of para-hydroxylation sites is 1. The standard InChI is InChI=1S/C25H26N2O3S/c1-19-11-13-20(14-12-19)18-27(23-15-16-23)25(28)21-7-6-10-24(17-21)31(29,30)26(2)22-8-4-3-5-9-22/h3-14,17,23H,15-16,18H2,1-2H3. The van der Waals surface area contributed by atoms with Crippen molar-refractivity contribution in [2.75, 3.05) is 11.4 Å². The molecular weight excluding hydrogens is 408 g/mol. The molecule has 0 radical (unpaired) electrons. The molecule has 0 N–H and O–H groups in total. The van der Waals surface area contributed by atoms with Gasteiger partial charge in [0.15, 0.2) is 0 Å². The number of nitrogens with zero attached hydrogens (tertiary/aromatic N) is 2. The Kier molecular flexibility index (Phi) is 5.83. The highest BCUT2D eigenvalue weighted by molar-refractivity contribution is 7.92. The molecule has 1 aliphatic carbocycles. The molecular formula is C25H26N2O3S. The van der Waals surface area contributed by atoms with Crippen LogP contribution in [0.5, 0.6) is 0 Å². The Morgan fingerprint density at radius 1 is 0.935 bits per heavy atom. The minimum absolute atomic E-state index is 0.107. The Balaban J connectivity index is 1.60. The summed E-state index contributed by atoms with van der Waals surface area (Å²) in [5.74, 6) is -0.137. The number of hydrogen-bond acceptors (Lipinski definition) is 3. The van der Waals surface area contributed by atoms with Crippen molar-refractivity contribution in [1.29, 1.82) is 0 Å². The molecule has 4 rings (SSSR count). The van der Waals surface area contributed by atoms with Gasteiger partial charge in [0.1, 0.15) is 0 Å². The molecule has 160 valence electrons. The van der Waals surface area contributed by atoms with Gasteiger partial charge in [0.2, 0.25) is 0 Å². The molecule has 1 fully saturated rings. The third-order valence-corrected chi connectivity index (χ3v) is 7.36. The zero-order chi connectivity index (χ0) is 22.0. The highest BCUT2D eigenvalue weighted by atomic mass is 32.2. The first kappa shape index (κ1) is 21.1. The molecule has 3 aromatic rings. The molecule has 1 saturated carbocycles. The van der Waals surface area contributed by atoms with E-state index in [-0.39, 0.29) is 16.8 Å². The van der Waals surface area contributed by atoms with E-state index in [2.05, 4.69) is 0 Å². The van der Waals surface area contributed by atoms with E-state index in [0.717, 1.165) is 18.4 Å². The van der Waals surface area contributed by atoms with Gasteiger partial charge in [0.25, 0.3) is 15.9 Å². The SMILES string of the molecule is Cc1ccc(CN(C(=O)c2cccc(S(=O)(=O)N(C)c3ccccc3)c2)C2CC2)cc1. The van der Waals surface area contributed by atoms with Crippen LogP contribution < -0.4 is 4.31 Å². The third-order valence-electron chi connectivity index (χ3n) is 5.58. The lowest BCUT2D eigenvalue weighted by Gasteiger charge is -2.24. The maximum Gasteiger partial charge on any atom is 0.264 e. The maximum atomic E-state index is 13.3. The molecule has 1 aliphatic rings. The Hall–Kier alpha value is -3.12. The topological polar surface area (TPSA) is 57.7 Å². The molecule has 5 nitrogen and oxygen atoms in total. The Morgan fingerprint density at radius 3 is 2.26 bits per heavy atom. The van der Waals surface area contributed by atoms with E-state index in [1.165, 1.54) is 29.0 Å². The smallest absolute Gasteiger partial charge is 0.264 e. The van der Waals surface area contributed by atoms with Gasteiger partial charge in [0.05, 0.1) is 10.6 Å². The average Bonchev–Trinajstić information content (AvgIpc) is 3.63. The summed E-state index contributed by atoms with van der Waals surface area (Å²) in [4.78, 5) is 15.3. The quantitative estimate of drug-likeness (QED) is 0.545. The van der Waals surface area contributed by atoms with Crippen LogP contribution in [0.4, 0.5) is 5.69 Å². The molecule has 0 unspecified atom stereocenters. The summed E-state index contributed by atoms with van der Waals surface area (Å²) >= 11 is 0. The van der Waals surface area contributed by atoms with E-state index in [9.17, 15) is 13.2 Å². The summed E-state index contributed by atoms with van der Waals surface area (Å²) in [6.45, 7) is 2.55. The molecule has 0 atom stereocenters. The van der Waals surface area contributed by atoms with Gasteiger partial charge >= 0.3 is 0 Å². The average molecular weight is 435 g/mol. The number of amides is 1. The van der Waals surface area contributed by atoms with Crippen molar-refractivity contribution >= 4 is 21.6 Å². The minimum Gasteiger partial charge on any atom is -0.331 e. The van der Waals surface area contributed by atoms with E-state index < -0.39 is 10.0 Å². The number of benzene rings is 3. The van der Waals surface area contributed by atoms with E-state index in [1.807, 2.05) is 42.2 Å². The van der Waals surface area contributed by atoms with Gasteiger partial charge in [-0.1, -0.05) is 54.1 Å². The van der Waals surface area contributed by atoms with E-state index in [4.69, 9.17) is 0 Å². The van der Waals surface area contributed by atoms with Crippen LogP contribution in [0, 0.1) is 6.92 Å². The van der Waals surface area contributed by atoms with Crippen LogP contribution in [0.3, 0.4) is 0 Å². The van der Waals surface area contributed by atoms with Crippen molar-refractivity contribution in [3.8, 4) is 0 Å². The predicted octanol–water partition coefficient (Wildman–Crippen LogP) is 4.62. The predicted molar refractivity (Wildman–Crippen MR) is 123 cm³/mol. The fourth-order valence-corrected chi connectivity index (χ4v) is 4.78. The molecule has 0 heterocycles. The van der Waals surface area contributed by atoms with Gasteiger partial charge in [-0.2, -0.15) is 0 Å². The molecule has 0 bridgehead atoms. The molecule has 6 heteroatoms. The van der Waals surface area contributed by atoms with Crippen LogP contribution in [0.2, 0.25) is 0 Å². The van der Waals surface area contributed by atoms with E-state index in [1.54, 1.807) is 36.4 Å². The molecule has 3 aromatic carbocycles. The van der Waals surface area contributed by atoms with Crippen LogP contribution >= 0.6 is 0 Å². The summed E-state index contributed by atoms with van der Waals surface area (Å²) in [5, 5.41) is 0. The van der Waals surface area contributed by atoms with Crippen LogP contribution in [0.15, 0.2) is 83.8 Å². The molecule has 0 aliphatic heterocycles. The second-order valence-electron chi connectivity index (χ2n) is 7.99. The Morgan fingerprint density at radius 2 is 1.61 bits per heavy atom. The number of carbonyl (C=O) groups excluding carboxylic acids is 1. The second kappa shape index (κ2) is 8.55. The van der Waals surface area contributed by atoms with Crippen LogP contribution in [-0.2, 0) is 16.6 Å². The van der Waals surface area contributed by atoms with Gasteiger partial charge in [-0.3, -0.25) is 9.10 Å². The fourth-order valence-electron chi connectivity index (χ4n) is 3.53. The number of sulfonamides is 1. The zero-order valence-electron chi connectivity index (χ0n) is 17.7.